The molecular weight excluding hydrogens is 1090 g/mol. The highest BCUT2D eigenvalue weighted by atomic mass is 35.5. The highest BCUT2D eigenvalue weighted by Gasteiger charge is 2.14. The molecule has 0 aliphatic rings. The molecule has 8 aromatic carbocycles. The Bertz CT molecular complexity index is 3340. The molecule has 0 radical (unpaired) electrons. The maximum atomic E-state index is 13.4. The van der Waals surface area contributed by atoms with E-state index in [9.17, 15) is 51.5 Å². The minimum absolute atomic E-state index is 0.0647. The third-order valence-electron chi connectivity index (χ3n) is 9.82. The van der Waals surface area contributed by atoms with Crippen molar-refractivity contribution in [3.8, 4) is 0 Å². The SMILES string of the molecule is O=C(Cl)c1cccc(NC(=O)c2ccc(F)cc2)c1.O=C(Cl)c1cccc(NC(=O)c2cccc(F)c2)c1.O=C(Cl)c1cccc(NC(=O)c2ccccc2Cl)c1.O=C(Cl)c1cccc(NC(=O)c2ccccc2F)c1. The fraction of sp³-hybridized carbons (Fsp3) is 0. The Balaban J connectivity index is 0.000000187. The molecule has 0 fully saturated rings. The number of hydrogen-bond donors (Lipinski definition) is 4. The van der Waals surface area contributed by atoms with Crippen LogP contribution in [0.3, 0.4) is 0 Å². The molecule has 8 rings (SSSR count). The van der Waals surface area contributed by atoms with Crippen LogP contribution in [-0.2, 0) is 0 Å². The monoisotopic (exact) mass is 1120 g/mol. The van der Waals surface area contributed by atoms with Crippen molar-refractivity contribution in [1.29, 1.82) is 0 Å². The molecule has 0 heterocycles. The van der Waals surface area contributed by atoms with Gasteiger partial charge in [0.25, 0.3) is 44.6 Å². The van der Waals surface area contributed by atoms with Crippen molar-refractivity contribution in [1.82, 2.24) is 0 Å². The van der Waals surface area contributed by atoms with Crippen LogP contribution in [0.2, 0.25) is 5.02 Å². The topological polar surface area (TPSA) is 185 Å². The minimum atomic E-state index is -0.623. The maximum Gasteiger partial charge on any atom is 0.258 e. The minimum Gasteiger partial charge on any atom is -0.322 e. The molecule has 0 aliphatic heterocycles. The van der Waals surface area contributed by atoms with E-state index in [1.807, 2.05) is 0 Å². The Morgan fingerprint density at radius 1 is 0.303 bits per heavy atom. The zero-order valence-corrected chi connectivity index (χ0v) is 42.5. The number of nitrogens with one attached hydrogen (secondary N) is 4. The number of halogens is 8. The molecule has 384 valence electrons. The molecule has 0 unspecified atom stereocenters. The summed E-state index contributed by atoms with van der Waals surface area (Å²) in [4.78, 5) is 91.6. The zero-order chi connectivity index (χ0) is 55.3. The Kier molecular flexibility index (Phi) is 22.2. The third kappa shape index (κ3) is 18.5. The van der Waals surface area contributed by atoms with Gasteiger partial charge >= 0.3 is 0 Å². The van der Waals surface area contributed by atoms with Crippen molar-refractivity contribution in [2.45, 2.75) is 0 Å². The lowest BCUT2D eigenvalue weighted by Crippen LogP contribution is -2.13. The standard InChI is InChI=1S/C14H9Cl2NO2.3C14H9ClFNO2/c15-12-7-2-1-6-11(12)14(19)17-10-5-3-4-9(8-10)13(16)18;15-13(18)9-3-2-6-12(8-9)17-14(19)10-4-1-5-11(16)7-10;15-13(18)9-4-3-5-10(8-9)17-14(19)11-6-1-2-7-12(11)16;15-13(18)10-2-1-3-12(8-10)17-14(19)9-4-6-11(16)7-5-9/h4*1-8H,(H,17,19). The molecule has 0 saturated heterocycles. The predicted octanol–water partition coefficient (Wildman–Crippen LogP) is 14.3. The van der Waals surface area contributed by atoms with Crippen LogP contribution in [0.25, 0.3) is 0 Å². The van der Waals surface area contributed by atoms with Gasteiger partial charge in [0, 0.05) is 56.1 Å². The Morgan fingerprint density at radius 3 is 1.04 bits per heavy atom. The van der Waals surface area contributed by atoms with Crippen molar-refractivity contribution < 1.29 is 51.5 Å². The summed E-state index contributed by atoms with van der Waals surface area (Å²) in [5, 5.41) is 8.29. The second-order valence-electron chi connectivity index (χ2n) is 15.2. The van der Waals surface area contributed by atoms with Gasteiger partial charge in [0.15, 0.2) is 0 Å². The van der Waals surface area contributed by atoms with Gasteiger partial charge in [0.2, 0.25) is 0 Å². The lowest BCUT2D eigenvalue weighted by atomic mass is 10.1. The Labute approximate surface area is 456 Å². The Hall–Kier alpha value is -8.44. The first-order chi connectivity index (χ1) is 36.3. The van der Waals surface area contributed by atoms with Gasteiger partial charge in [-0.1, -0.05) is 66.2 Å². The summed E-state index contributed by atoms with van der Waals surface area (Å²) in [7, 11) is 0. The fourth-order valence-corrected chi connectivity index (χ4v) is 6.89. The summed E-state index contributed by atoms with van der Waals surface area (Å²) in [6.07, 6.45) is 0. The Morgan fingerprint density at radius 2 is 0.645 bits per heavy atom. The van der Waals surface area contributed by atoms with Gasteiger partial charge < -0.3 is 21.3 Å². The molecule has 0 saturated carbocycles. The molecule has 8 aromatic rings. The molecule has 4 N–H and O–H groups in total. The maximum absolute atomic E-state index is 13.4. The summed E-state index contributed by atoms with van der Waals surface area (Å²) in [6.45, 7) is 0. The van der Waals surface area contributed by atoms with Crippen LogP contribution >= 0.6 is 58.0 Å². The van der Waals surface area contributed by atoms with Gasteiger partial charge in [-0.25, -0.2) is 13.2 Å². The van der Waals surface area contributed by atoms with Crippen LogP contribution in [0.5, 0.6) is 0 Å². The molecule has 0 spiro atoms. The number of benzene rings is 8. The second-order valence-corrected chi connectivity index (χ2v) is 17.0. The molecule has 0 aliphatic carbocycles. The number of carbonyl (C=O) groups is 8. The molecule has 0 atom stereocenters. The van der Waals surface area contributed by atoms with Gasteiger partial charge in [-0.2, -0.15) is 0 Å². The molecule has 4 amide bonds. The summed E-state index contributed by atoms with van der Waals surface area (Å²) in [5.74, 6) is -3.28. The number of amides is 4. The first-order valence-corrected chi connectivity index (χ1v) is 23.6. The number of carbonyl (C=O) groups excluding carboxylic acids is 8. The first-order valence-electron chi connectivity index (χ1n) is 21.7. The number of anilines is 4. The van der Waals surface area contributed by atoms with Crippen LogP contribution in [0.1, 0.15) is 82.9 Å². The van der Waals surface area contributed by atoms with Gasteiger partial charge in [-0.3, -0.25) is 38.4 Å². The van der Waals surface area contributed by atoms with Crippen molar-refractivity contribution in [2.24, 2.45) is 0 Å². The van der Waals surface area contributed by atoms with Crippen LogP contribution in [0.4, 0.5) is 35.9 Å². The van der Waals surface area contributed by atoms with Gasteiger partial charge in [-0.05, 0) is 186 Å². The van der Waals surface area contributed by atoms with E-state index in [1.54, 1.807) is 91.0 Å². The highest BCUT2D eigenvalue weighted by molar-refractivity contribution is 6.68. The van der Waals surface area contributed by atoms with E-state index in [0.717, 1.165) is 6.07 Å². The number of hydrogen-bond acceptors (Lipinski definition) is 8. The molecule has 0 bridgehead atoms. The quantitative estimate of drug-likeness (QED) is 0.0871. The fourth-order valence-electron chi connectivity index (χ4n) is 6.20. The molecular formula is C56H36Cl5F3N4O8. The van der Waals surface area contributed by atoms with Gasteiger partial charge in [0.05, 0.1) is 16.1 Å². The molecule has 76 heavy (non-hydrogen) atoms. The highest BCUT2D eigenvalue weighted by Crippen LogP contribution is 2.20. The zero-order valence-electron chi connectivity index (χ0n) is 38.8. The van der Waals surface area contributed by atoms with E-state index in [4.69, 9.17) is 58.0 Å². The molecule has 12 nitrogen and oxygen atoms in total. The normalized spacial score (nSPS) is 10.0. The van der Waals surface area contributed by atoms with E-state index in [-0.39, 0.29) is 34.1 Å². The van der Waals surface area contributed by atoms with Crippen molar-refractivity contribution in [3.63, 3.8) is 0 Å². The largest absolute Gasteiger partial charge is 0.322 e. The van der Waals surface area contributed by atoms with Crippen molar-refractivity contribution >= 4 is 125 Å². The van der Waals surface area contributed by atoms with E-state index < -0.39 is 50.2 Å². The summed E-state index contributed by atoms with van der Waals surface area (Å²) < 4.78 is 39.1. The lowest BCUT2D eigenvalue weighted by Gasteiger charge is -2.07. The predicted molar refractivity (Wildman–Crippen MR) is 289 cm³/mol. The molecule has 20 heteroatoms. The van der Waals surface area contributed by atoms with Gasteiger partial charge in [0.1, 0.15) is 17.5 Å². The van der Waals surface area contributed by atoms with E-state index >= 15 is 0 Å². The van der Waals surface area contributed by atoms with Crippen LogP contribution in [0.15, 0.2) is 194 Å². The van der Waals surface area contributed by atoms with Crippen molar-refractivity contribution in [3.05, 3.63) is 261 Å². The third-order valence-corrected chi connectivity index (χ3v) is 11.0. The van der Waals surface area contributed by atoms with E-state index in [1.165, 1.54) is 97.1 Å². The number of rotatable bonds is 12. The summed E-state index contributed by atoms with van der Waals surface area (Å²) in [6, 6.07) is 47.8. The van der Waals surface area contributed by atoms with E-state index in [0.29, 0.717) is 50.0 Å². The van der Waals surface area contributed by atoms with Gasteiger partial charge in [-0.15, -0.1) is 0 Å². The van der Waals surface area contributed by atoms with E-state index in [2.05, 4.69) is 21.3 Å². The average molecular weight is 1130 g/mol. The summed E-state index contributed by atoms with van der Waals surface area (Å²) in [5.41, 5.74) is 3.69. The average Bonchev–Trinajstić information content (AvgIpc) is 3.40. The smallest absolute Gasteiger partial charge is 0.258 e. The van der Waals surface area contributed by atoms with Crippen molar-refractivity contribution in [2.75, 3.05) is 21.3 Å². The van der Waals surface area contributed by atoms with Crippen LogP contribution in [-0.4, -0.2) is 44.6 Å². The van der Waals surface area contributed by atoms with Crippen LogP contribution < -0.4 is 21.3 Å². The molecule has 0 aromatic heterocycles. The lowest BCUT2D eigenvalue weighted by molar-refractivity contribution is 0.101. The van der Waals surface area contributed by atoms with Crippen LogP contribution in [0, 0.1) is 17.5 Å². The summed E-state index contributed by atoms with van der Waals surface area (Å²) >= 11 is 27.4. The first kappa shape index (κ1) is 58.4. The second kappa shape index (κ2) is 28.9.